The number of nitrogens with one attached hydrogen (secondary N) is 1. The minimum Gasteiger partial charge on any atom is -0.389 e. The van der Waals surface area contributed by atoms with Crippen molar-refractivity contribution in [3.8, 4) is 0 Å². The fourth-order valence-electron chi connectivity index (χ4n) is 0.857. The Labute approximate surface area is 80.1 Å². The molecule has 0 saturated heterocycles. The maximum atomic E-state index is 9.21. The van der Waals surface area contributed by atoms with E-state index in [2.05, 4.69) is 26.4 Å². The van der Waals surface area contributed by atoms with Crippen molar-refractivity contribution in [1.29, 1.82) is 0 Å². The van der Waals surface area contributed by atoms with E-state index < -0.39 is 0 Å². The third-order valence-electron chi connectivity index (χ3n) is 1.48. The van der Waals surface area contributed by atoms with Crippen molar-refractivity contribution >= 4 is 28.6 Å². The van der Waals surface area contributed by atoms with Gasteiger partial charge in [-0.2, -0.15) is 0 Å². The van der Waals surface area contributed by atoms with Crippen molar-refractivity contribution < 1.29 is 5.11 Å². The highest BCUT2D eigenvalue weighted by Crippen LogP contribution is 2.17. The summed E-state index contributed by atoms with van der Waals surface area (Å²) >= 11 is 2.06. The molecule has 0 heterocycles. The van der Waals surface area contributed by atoms with E-state index in [4.69, 9.17) is 0 Å². The van der Waals surface area contributed by atoms with E-state index in [0.29, 0.717) is 0 Å². The van der Waals surface area contributed by atoms with Crippen molar-refractivity contribution in [3.05, 3.63) is 29.8 Å². The average molecular weight is 263 g/mol. The molecule has 0 radical (unpaired) electrons. The van der Waals surface area contributed by atoms with E-state index in [1.54, 1.807) is 6.92 Å². The summed E-state index contributed by atoms with van der Waals surface area (Å²) in [6, 6.07) is 7.71. The standard InChI is InChI=1S/C8H10INO/c1-6(11)7-3-2-4-8(5-7)10-9/h2-6,10-11H,1H3. The number of benzene rings is 1. The van der Waals surface area contributed by atoms with Crippen molar-refractivity contribution in [2.45, 2.75) is 13.0 Å². The first-order valence-electron chi connectivity index (χ1n) is 3.38. The molecule has 1 unspecified atom stereocenters. The quantitative estimate of drug-likeness (QED) is 0.634. The Morgan fingerprint density at radius 2 is 2.27 bits per heavy atom. The van der Waals surface area contributed by atoms with E-state index >= 15 is 0 Å². The van der Waals surface area contributed by atoms with Crippen molar-refractivity contribution in [1.82, 2.24) is 0 Å². The second-order valence-electron chi connectivity index (χ2n) is 2.40. The summed E-state index contributed by atoms with van der Waals surface area (Å²) in [6.45, 7) is 1.76. The molecule has 1 aromatic rings. The Kier molecular flexibility index (Phi) is 3.14. The van der Waals surface area contributed by atoms with Gasteiger partial charge in [-0.25, -0.2) is 0 Å². The molecule has 2 nitrogen and oxygen atoms in total. The molecule has 1 aromatic carbocycles. The van der Waals surface area contributed by atoms with Gasteiger partial charge in [-0.15, -0.1) is 0 Å². The van der Waals surface area contributed by atoms with Crippen LogP contribution >= 0.6 is 22.9 Å². The van der Waals surface area contributed by atoms with Crippen molar-refractivity contribution in [2.75, 3.05) is 3.53 Å². The van der Waals surface area contributed by atoms with E-state index in [0.717, 1.165) is 11.3 Å². The van der Waals surface area contributed by atoms with Crippen LogP contribution in [0.15, 0.2) is 24.3 Å². The number of anilines is 1. The van der Waals surface area contributed by atoms with Gasteiger partial charge < -0.3 is 8.64 Å². The summed E-state index contributed by atoms with van der Waals surface area (Å²) < 4.78 is 2.98. The lowest BCUT2D eigenvalue weighted by Crippen LogP contribution is -1.90. The van der Waals surface area contributed by atoms with E-state index in [9.17, 15) is 5.11 Å². The summed E-state index contributed by atoms with van der Waals surface area (Å²) in [7, 11) is 0. The summed E-state index contributed by atoms with van der Waals surface area (Å²) in [6.07, 6.45) is -0.389. The molecule has 0 amide bonds. The number of hydrogen-bond acceptors (Lipinski definition) is 2. The first-order chi connectivity index (χ1) is 5.24. The van der Waals surface area contributed by atoms with Gasteiger partial charge in [0.2, 0.25) is 0 Å². The lowest BCUT2D eigenvalue weighted by Gasteiger charge is -2.05. The molecule has 3 heteroatoms. The van der Waals surface area contributed by atoms with Gasteiger partial charge in [0.1, 0.15) is 0 Å². The molecule has 0 aliphatic heterocycles. The Morgan fingerprint density at radius 3 is 2.82 bits per heavy atom. The molecule has 2 N–H and O–H groups in total. The van der Waals surface area contributed by atoms with Crippen LogP contribution < -0.4 is 3.53 Å². The van der Waals surface area contributed by atoms with Crippen LogP contribution in [-0.4, -0.2) is 5.11 Å². The first-order valence-corrected chi connectivity index (χ1v) is 4.46. The predicted molar refractivity (Wildman–Crippen MR) is 54.7 cm³/mol. The maximum Gasteiger partial charge on any atom is 0.0762 e. The molecular formula is C8H10INO. The second-order valence-corrected chi connectivity index (χ2v) is 2.94. The number of hydrogen-bond donors (Lipinski definition) is 2. The van der Waals surface area contributed by atoms with Gasteiger partial charge in [0.15, 0.2) is 0 Å². The molecule has 0 spiro atoms. The van der Waals surface area contributed by atoms with Crippen LogP contribution in [0.2, 0.25) is 0 Å². The highest BCUT2D eigenvalue weighted by molar-refractivity contribution is 14.1. The van der Waals surface area contributed by atoms with Crippen LogP contribution in [0.25, 0.3) is 0 Å². The molecule has 60 valence electrons. The van der Waals surface area contributed by atoms with Gasteiger partial charge in [-0.1, -0.05) is 12.1 Å². The molecular weight excluding hydrogens is 253 g/mol. The Bertz CT molecular complexity index is 237. The zero-order chi connectivity index (χ0) is 8.27. The van der Waals surface area contributed by atoms with Crippen LogP contribution in [-0.2, 0) is 0 Å². The zero-order valence-electron chi connectivity index (χ0n) is 6.21. The Balaban J connectivity index is 2.91. The summed E-state index contributed by atoms with van der Waals surface area (Å²) in [5.74, 6) is 0. The minimum absolute atomic E-state index is 0.389. The molecule has 0 aliphatic carbocycles. The molecule has 0 saturated carbocycles. The van der Waals surface area contributed by atoms with E-state index in [-0.39, 0.29) is 6.10 Å². The fourth-order valence-corrected chi connectivity index (χ4v) is 1.19. The van der Waals surface area contributed by atoms with Gasteiger partial charge in [0.25, 0.3) is 0 Å². The minimum atomic E-state index is -0.389. The maximum absolute atomic E-state index is 9.21. The number of aliphatic hydroxyl groups excluding tert-OH is 1. The van der Waals surface area contributed by atoms with Gasteiger partial charge in [-0.05, 0) is 24.6 Å². The van der Waals surface area contributed by atoms with Crippen LogP contribution in [0.4, 0.5) is 5.69 Å². The van der Waals surface area contributed by atoms with Crippen LogP contribution in [0, 0.1) is 0 Å². The largest absolute Gasteiger partial charge is 0.389 e. The molecule has 0 aliphatic rings. The van der Waals surface area contributed by atoms with Crippen molar-refractivity contribution in [3.63, 3.8) is 0 Å². The van der Waals surface area contributed by atoms with Gasteiger partial charge in [0.05, 0.1) is 29.0 Å². The summed E-state index contributed by atoms with van der Waals surface area (Å²) in [4.78, 5) is 0. The number of halogens is 1. The monoisotopic (exact) mass is 263 g/mol. The summed E-state index contributed by atoms with van der Waals surface area (Å²) in [5.41, 5.74) is 1.95. The van der Waals surface area contributed by atoms with Crippen molar-refractivity contribution in [2.24, 2.45) is 0 Å². The van der Waals surface area contributed by atoms with Gasteiger partial charge in [-0.3, -0.25) is 0 Å². The third kappa shape index (κ3) is 2.34. The fraction of sp³-hybridized carbons (Fsp3) is 0.250. The molecule has 0 aromatic heterocycles. The third-order valence-corrected chi connectivity index (χ3v) is 2.10. The van der Waals surface area contributed by atoms with Gasteiger partial charge in [0, 0.05) is 5.69 Å². The smallest absolute Gasteiger partial charge is 0.0762 e. The normalized spacial score (nSPS) is 12.6. The Hall–Kier alpha value is -0.290. The SMILES string of the molecule is CC(O)c1cccc(NI)c1. The van der Waals surface area contributed by atoms with Crippen LogP contribution in [0.5, 0.6) is 0 Å². The van der Waals surface area contributed by atoms with E-state index in [1.165, 1.54) is 0 Å². The van der Waals surface area contributed by atoms with Gasteiger partial charge >= 0.3 is 0 Å². The van der Waals surface area contributed by atoms with E-state index in [1.807, 2.05) is 24.3 Å². The number of aliphatic hydroxyl groups is 1. The topological polar surface area (TPSA) is 32.3 Å². The molecule has 0 bridgehead atoms. The van der Waals surface area contributed by atoms with Crippen LogP contribution in [0.1, 0.15) is 18.6 Å². The highest BCUT2D eigenvalue weighted by Gasteiger charge is 1.99. The molecule has 1 atom stereocenters. The van der Waals surface area contributed by atoms with Crippen LogP contribution in [0.3, 0.4) is 0 Å². The second kappa shape index (κ2) is 3.92. The molecule has 0 fully saturated rings. The first kappa shape index (κ1) is 8.80. The lowest BCUT2D eigenvalue weighted by atomic mass is 10.1. The number of rotatable bonds is 2. The zero-order valence-corrected chi connectivity index (χ0v) is 8.37. The average Bonchev–Trinajstić information content (AvgIpc) is 2.05. The molecule has 11 heavy (non-hydrogen) atoms. The molecule has 1 rings (SSSR count). The lowest BCUT2D eigenvalue weighted by molar-refractivity contribution is 0.199. The predicted octanol–water partition coefficient (Wildman–Crippen LogP) is 2.50. The Morgan fingerprint density at radius 1 is 1.55 bits per heavy atom. The summed E-state index contributed by atoms with van der Waals surface area (Å²) in [5, 5.41) is 9.21. The highest BCUT2D eigenvalue weighted by atomic mass is 127.